The number of hydrogen-bond donors (Lipinski definition) is 3. The monoisotopic (exact) mass is 323 g/mol. The number of rotatable bonds is 3. The van der Waals surface area contributed by atoms with E-state index in [9.17, 15) is 10.4 Å². The summed E-state index contributed by atoms with van der Waals surface area (Å²) in [5.74, 6) is 0.449. The maximum atomic E-state index is 10.1. The van der Waals surface area contributed by atoms with Gasteiger partial charge in [-0.15, -0.1) is 0 Å². The molecule has 124 valence electrons. The molecule has 1 fully saturated rings. The van der Waals surface area contributed by atoms with Gasteiger partial charge in [0, 0.05) is 12.4 Å². The summed E-state index contributed by atoms with van der Waals surface area (Å²) in [7, 11) is 0. The number of nitrogens with one attached hydrogen (secondary N) is 2. The standard InChI is InChI=1S/C18H21N5O/c1-12-11-21-18(22-15-7-2-3-8-16(15)24)23-17(12)13(10-19)14-6-4-5-9-20-14/h4-6,9,11,15-16,20,24H,2-3,7-8H2,1H3,(H,21,22,23)/t15-,16-/m0/s1. The molecule has 1 saturated carbocycles. The number of nitriles is 1. The summed E-state index contributed by atoms with van der Waals surface area (Å²) < 4.78 is 0. The molecule has 6 nitrogen and oxygen atoms in total. The van der Waals surface area contributed by atoms with Gasteiger partial charge in [0.15, 0.2) is 0 Å². The van der Waals surface area contributed by atoms with Gasteiger partial charge in [-0.1, -0.05) is 18.9 Å². The summed E-state index contributed by atoms with van der Waals surface area (Å²) in [6.45, 7) is 1.88. The van der Waals surface area contributed by atoms with Gasteiger partial charge in [0.05, 0.1) is 23.5 Å². The van der Waals surface area contributed by atoms with Crippen molar-refractivity contribution in [2.45, 2.75) is 44.8 Å². The van der Waals surface area contributed by atoms with Crippen molar-refractivity contribution in [2.24, 2.45) is 0 Å². The SMILES string of the molecule is Cc1cnc(N[C@H]2CCCC[C@@H]2O)nc1C(C#N)=C1C=CC=CN1. The Kier molecular flexibility index (Phi) is 4.92. The van der Waals surface area contributed by atoms with Crippen molar-refractivity contribution < 1.29 is 5.11 Å². The summed E-state index contributed by atoms with van der Waals surface area (Å²) in [6.07, 6.45) is 12.5. The predicted molar refractivity (Wildman–Crippen MR) is 92.6 cm³/mol. The summed E-state index contributed by atoms with van der Waals surface area (Å²) in [5.41, 5.74) is 2.62. The van der Waals surface area contributed by atoms with Gasteiger partial charge in [-0.25, -0.2) is 9.97 Å². The molecule has 1 aromatic heterocycles. The molecule has 2 atom stereocenters. The zero-order valence-corrected chi connectivity index (χ0v) is 13.7. The van der Waals surface area contributed by atoms with E-state index in [1.165, 1.54) is 0 Å². The number of anilines is 1. The Bertz CT molecular complexity index is 744. The van der Waals surface area contributed by atoms with Gasteiger partial charge < -0.3 is 15.7 Å². The second-order valence-corrected chi connectivity index (χ2v) is 6.09. The van der Waals surface area contributed by atoms with Crippen LogP contribution in [-0.4, -0.2) is 27.2 Å². The van der Waals surface area contributed by atoms with Crippen molar-refractivity contribution in [1.82, 2.24) is 15.3 Å². The highest BCUT2D eigenvalue weighted by atomic mass is 16.3. The quantitative estimate of drug-likeness (QED) is 0.740. The molecule has 24 heavy (non-hydrogen) atoms. The van der Waals surface area contributed by atoms with Crippen molar-refractivity contribution in [3.8, 4) is 6.07 Å². The molecule has 3 N–H and O–H groups in total. The van der Waals surface area contributed by atoms with Crippen molar-refractivity contribution in [2.75, 3.05) is 5.32 Å². The molecule has 1 aliphatic heterocycles. The summed E-state index contributed by atoms with van der Waals surface area (Å²) in [4.78, 5) is 8.85. The van der Waals surface area contributed by atoms with Gasteiger partial charge in [-0.05, 0) is 37.5 Å². The van der Waals surface area contributed by atoms with E-state index < -0.39 is 0 Å². The molecule has 0 saturated heterocycles. The lowest BCUT2D eigenvalue weighted by atomic mass is 9.93. The molecule has 2 aliphatic rings. The maximum Gasteiger partial charge on any atom is 0.223 e. The Morgan fingerprint density at radius 3 is 2.92 bits per heavy atom. The first-order valence-corrected chi connectivity index (χ1v) is 8.22. The zero-order chi connectivity index (χ0) is 16.9. The average Bonchev–Trinajstić information content (AvgIpc) is 2.61. The molecular weight excluding hydrogens is 302 g/mol. The van der Waals surface area contributed by atoms with Crippen LogP contribution in [0.5, 0.6) is 0 Å². The fourth-order valence-corrected chi connectivity index (χ4v) is 3.00. The number of aryl methyl sites for hydroxylation is 1. The number of aliphatic hydroxyl groups is 1. The van der Waals surface area contributed by atoms with Crippen LogP contribution >= 0.6 is 0 Å². The number of allylic oxidation sites excluding steroid dienone is 4. The molecule has 6 heteroatoms. The lowest BCUT2D eigenvalue weighted by Gasteiger charge is -2.28. The molecule has 2 heterocycles. The van der Waals surface area contributed by atoms with Gasteiger partial charge >= 0.3 is 0 Å². The highest BCUT2D eigenvalue weighted by Crippen LogP contribution is 2.24. The van der Waals surface area contributed by atoms with Crippen LogP contribution < -0.4 is 10.6 Å². The minimum absolute atomic E-state index is 0.0388. The molecule has 0 spiro atoms. The molecule has 3 rings (SSSR count). The number of dihydropyridines is 1. The predicted octanol–water partition coefficient (Wildman–Crippen LogP) is 2.41. The third-order valence-electron chi connectivity index (χ3n) is 4.34. The van der Waals surface area contributed by atoms with E-state index in [0.29, 0.717) is 22.9 Å². The van der Waals surface area contributed by atoms with Gasteiger partial charge in [0.25, 0.3) is 0 Å². The van der Waals surface area contributed by atoms with E-state index in [1.54, 1.807) is 12.4 Å². The summed E-state index contributed by atoms with van der Waals surface area (Å²) in [6, 6.07) is 2.19. The minimum Gasteiger partial charge on any atom is -0.391 e. The van der Waals surface area contributed by atoms with Crippen molar-refractivity contribution in [3.63, 3.8) is 0 Å². The molecule has 1 aromatic rings. The Morgan fingerprint density at radius 1 is 1.38 bits per heavy atom. The zero-order valence-electron chi connectivity index (χ0n) is 13.7. The molecular formula is C18H21N5O. The average molecular weight is 323 g/mol. The molecule has 0 bridgehead atoms. The van der Waals surface area contributed by atoms with Gasteiger partial charge in [0.2, 0.25) is 5.95 Å². The lowest BCUT2D eigenvalue weighted by Crippen LogP contribution is -2.36. The molecule has 0 radical (unpaired) electrons. The summed E-state index contributed by atoms with van der Waals surface area (Å²) >= 11 is 0. The molecule has 0 unspecified atom stereocenters. The smallest absolute Gasteiger partial charge is 0.223 e. The fraction of sp³-hybridized carbons (Fsp3) is 0.389. The van der Waals surface area contributed by atoms with Crippen molar-refractivity contribution >= 4 is 11.5 Å². The minimum atomic E-state index is -0.381. The second kappa shape index (κ2) is 7.28. The number of aliphatic hydroxyl groups excluding tert-OH is 1. The molecule has 0 amide bonds. The number of aromatic nitrogens is 2. The topological polar surface area (TPSA) is 93.9 Å². The Balaban J connectivity index is 1.90. The van der Waals surface area contributed by atoms with Crippen molar-refractivity contribution in [1.29, 1.82) is 5.26 Å². The third-order valence-corrected chi connectivity index (χ3v) is 4.34. The van der Waals surface area contributed by atoms with Gasteiger partial charge in [0.1, 0.15) is 11.6 Å². The number of hydrogen-bond acceptors (Lipinski definition) is 6. The second-order valence-electron chi connectivity index (χ2n) is 6.09. The van der Waals surface area contributed by atoms with E-state index in [2.05, 4.69) is 26.7 Å². The van der Waals surface area contributed by atoms with Crippen LogP contribution in [-0.2, 0) is 0 Å². The van der Waals surface area contributed by atoms with E-state index in [0.717, 1.165) is 31.2 Å². The number of nitrogens with zero attached hydrogens (tertiary/aromatic N) is 3. The largest absolute Gasteiger partial charge is 0.391 e. The van der Waals surface area contributed by atoms with Crippen LogP contribution in [0.4, 0.5) is 5.95 Å². The fourth-order valence-electron chi connectivity index (χ4n) is 3.00. The molecule has 0 aromatic carbocycles. The third kappa shape index (κ3) is 3.47. The van der Waals surface area contributed by atoms with E-state index in [4.69, 9.17) is 0 Å². The van der Waals surface area contributed by atoms with Crippen LogP contribution in [0.1, 0.15) is 36.9 Å². The maximum absolute atomic E-state index is 10.1. The first kappa shape index (κ1) is 16.2. The Hall–Kier alpha value is -2.65. The lowest BCUT2D eigenvalue weighted by molar-refractivity contribution is 0.116. The normalized spacial score (nSPS) is 24.9. The van der Waals surface area contributed by atoms with Crippen LogP contribution in [0.2, 0.25) is 0 Å². The first-order valence-electron chi connectivity index (χ1n) is 8.22. The van der Waals surface area contributed by atoms with Crippen LogP contribution in [0, 0.1) is 18.3 Å². The summed E-state index contributed by atoms with van der Waals surface area (Å²) in [5, 5.41) is 26.0. The molecule has 1 aliphatic carbocycles. The first-order chi connectivity index (χ1) is 11.7. The van der Waals surface area contributed by atoms with Gasteiger partial charge in [-0.3, -0.25) is 0 Å². The van der Waals surface area contributed by atoms with Crippen LogP contribution in [0.25, 0.3) is 5.57 Å². The van der Waals surface area contributed by atoms with Crippen LogP contribution in [0.15, 0.2) is 36.3 Å². The Morgan fingerprint density at radius 2 is 2.21 bits per heavy atom. The highest BCUT2D eigenvalue weighted by molar-refractivity contribution is 5.80. The Labute approximate surface area is 141 Å². The van der Waals surface area contributed by atoms with Crippen LogP contribution in [0.3, 0.4) is 0 Å². The van der Waals surface area contributed by atoms with E-state index in [-0.39, 0.29) is 12.1 Å². The van der Waals surface area contributed by atoms with E-state index in [1.807, 2.05) is 25.2 Å². The van der Waals surface area contributed by atoms with Crippen molar-refractivity contribution in [3.05, 3.63) is 47.6 Å². The van der Waals surface area contributed by atoms with Gasteiger partial charge in [-0.2, -0.15) is 5.26 Å². The van der Waals surface area contributed by atoms with E-state index >= 15 is 0 Å². The highest BCUT2D eigenvalue weighted by Gasteiger charge is 2.24.